The van der Waals surface area contributed by atoms with Crippen molar-refractivity contribution >= 4 is 57.3 Å². The average Bonchev–Trinajstić information content (AvgIpc) is 3.02. The van der Waals surface area contributed by atoms with Crippen LogP contribution < -0.4 is 5.32 Å². The predicted octanol–water partition coefficient (Wildman–Crippen LogP) is 5.66. The molecule has 1 heterocycles. The first kappa shape index (κ1) is 24.2. The molecule has 2 aromatic rings. The summed E-state index contributed by atoms with van der Waals surface area (Å²) in [6.45, 7) is 6.90. The van der Waals surface area contributed by atoms with Crippen LogP contribution in [-0.2, 0) is 4.74 Å². The van der Waals surface area contributed by atoms with E-state index >= 15 is 0 Å². The average molecular weight is 471 g/mol. The number of carbonyl (C=O) groups is 3. The largest absolute Gasteiger partial charge is 0.465 e. The highest BCUT2D eigenvalue weighted by Crippen LogP contribution is 2.35. The second-order valence-electron chi connectivity index (χ2n) is 6.62. The third-order valence-electron chi connectivity index (χ3n) is 4.41. The number of thiophene rings is 1. The Hall–Kier alpha value is -2.09. The first-order valence-corrected chi connectivity index (χ1v) is 11.1. The number of hydrogen-bond donors (Lipinski definition) is 1. The molecule has 0 unspecified atom stereocenters. The zero-order valence-corrected chi connectivity index (χ0v) is 19.6. The monoisotopic (exact) mass is 470 g/mol. The number of anilines is 1. The molecule has 0 spiro atoms. The van der Waals surface area contributed by atoms with Gasteiger partial charge in [0.15, 0.2) is 0 Å². The van der Waals surface area contributed by atoms with Gasteiger partial charge in [0.1, 0.15) is 5.00 Å². The van der Waals surface area contributed by atoms with Crippen molar-refractivity contribution in [3.63, 3.8) is 0 Å². The number of esters is 1. The van der Waals surface area contributed by atoms with Gasteiger partial charge >= 0.3 is 5.97 Å². The Bertz CT molecular complexity index is 953. The van der Waals surface area contributed by atoms with Gasteiger partial charge in [-0.05, 0) is 43.5 Å². The van der Waals surface area contributed by atoms with Gasteiger partial charge in [-0.3, -0.25) is 9.59 Å². The maximum absolute atomic E-state index is 13.1. The minimum absolute atomic E-state index is 0.164. The zero-order valence-electron chi connectivity index (χ0n) is 17.3. The van der Waals surface area contributed by atoms with Crippen molar-refractivity contribution in [1.82, 2.24) is 4.90 Å². The van der Waals surface area contributed by atoms with Gasteiger partial charge in [0.05, 0.1) is 28.1 Å². The molecule has 6 nitrogen and oxygen atoms in total. The fourth-order valence-electron chi connectivity index (χ4n) is 3.00. The number of rotatable bonds is 8. The minimum atomic E-state index is -0.627. The number of carbonyl (C=O) groups excluding carboxylic acids is 3. The van der Waals surface area contributed by atoms with Gasteiger partial charge in [-0.1, -0.05) is 37.0 Å². The lowest BCUT2D eigenvalue weighted by Gasteiger charge is -2.21. The van der Waals surface area contributed by atoms with Crippen LogP contribution in [0.2, 0.25) is 10.0 Å². The van der Waals surface area contributed by atoms with Crippen LogP contribution in [0, 0.1) is 6.92 Å². The molecule has 0 aliphatic carbocycles. The van der Waals surface area contributed by atoms with Crippen molar-refractivity contribution in [2.45, 2.75) is 33.6 Å². The van der Waals surface area contributed by atoms with Crippen LogP contribution >= 0.6 is 34.5 Å². The second kappa shape index (κ2) is 10.8. The molecule has 0 bridgehead atoms. The summed E-state index contributed by atoms with van der Waals surface area (Å²) in [5, 5.41) is 3.53. The van der Waals surface area contributed by atoms with Crippen LogP contribution in [0.25, 0.3) is 0 Å². The van der Waals surface area contributed by atoms with Gasteiger partial charge < -0.3 is 15.0 Å². The molecule has 162 valence electrons. The van der Waals surface area contributed by atoms with E-state index in [-0.39, 0.29) is 27.1 Å². The molecule has 30 heavy (non-hydrogen) atoms. The highest BCUT2D eigenvalue weighted by Gasteiger charge is 2.28. The van der Waals surface area contributed by atoms with Gasteiger partial charge in [0.2, 0.25) is 0 Å². The van der Waals surface area contributed by atoms with Crippen LogP contribution in [0.3, 0.4) is 0 Å². The Morgan fingerprint density at radius 1 is 1.13 bits per heavy atom. The van der Waals surface area contributed by atoms with Crippen LogP contribution in [0.15, 0.2) is 18.2 Å². The van der Waals surface area contributed by atoms with E-state index in [1.54, 1.807) is 17.9 Å². The van der Waals surface area contributed by atoms with Crippen molar-refractivity contribution in [2.24, 2.45) is 0 Å². The number of nitrogens with one attached hydrogen (secondary N) is 1. The molecule has 1 aromatic heterocycles. The van der Waals surface area contributed by atoms with Crippen molar-refractivity contribution in [2.75, 3.05) is 25.5 Å². The number of hydrogen-bond acceptors (Lipinski definition) is 5. The maximum atomic E-state index is 13.1. The Morgan fingerprint density at radius 2 is 1.77 bits per heavy atom. The second-order valence-corrected chi connectivity index (χ2v) is 8.49. The van der Waals surface area contributed by atoms with Crippen LogP contribution in [-0.4, -0.2) is 42.9 Å². The Labute approximate surface area is 190 Å². The van der Waals surface area contributed by atoms with Crippen molar-refractivity contribution in [3.05, 3.63) is 49.8 Å². The van der Waals surface area contributed by atoms with E-state index in [4.69, 9.17) is 27.9 Å². The van der Waals surface area contributed by atoms with Crippen molar-refractivity contribution in [3.8, 4) is 0 Å². The first-order chi connectivity index (χ1) is 14.2. The van der Waals surface area contributed by atoms with Crippen LogP contribution in [0.1, 0.15) is 62.6 Å². The molecule has 0 aliphatic rings. The molecule has 1 aromatic carbocycles. The summed E-state index contributed by atoms with van der Waals surface area (Å²) in [6.07, 6.45) is 1.64. The normalized spacial score (nSPS) is 10.6. The summed E-state index contributed by atoms with van der Waals surface area (Å²) in [6, 6.07) is 4.50. The molecule has 0 saturated heterocycles. The van der Waals surface area contributed by atoms with E-state index < -0.39 is 11.9 Å². The molecule has 2 rings (SSSR count). The molecule has 1 N–H and O–H groups in total. The summed E-state index contributed by atoms with van der Waals surface area (Å²) in [5.74, 6) is -1.31. The Balaban J connectivity index is 2.46. The lowest BCUT2D eigenvalue weighted by atomic mass is 10.1. The Kier molecular flexibility index (Phi) is 8.70. The summed E-state index contributed by atoms with van der Waals surface area (Å²) in [7, 11) is 1.25. The summed E-state index contributed by atoms with van der Waals surface area (Å²) < 4.78 is 4.88. The van der Waals surface area contributed by atoms with Gasteiger partial charge in [-0.15, -0.1) is 11.3 Å². The number of amides is 2. The minimum Gasteiger partial charge on any atom is -0.465 e. The molecule has 0 saturated carbocycles. The maximum Gasteiger partial charge on any atom is 0.341 e. The Morgan fingerprint density at radius 3 is 2.30 bits per heavy atom. The molecule has 0 fully saturated rings. The van der Waals surface area contributed by atoms with Gasteiger partial charge in [-0.25, -0.2) is 4.79 Å². The standard InChI is InChI=1S/C21H24Cl2N2O4S/c1-5-9-25(10-6-2)20(27)17-12(3)16(21(28)29-4)19(30-17)24-18(26)14-8-7-13(22)11-15(14)23/h7-8,11H,5-6,9-10H2,1-4H3,(H,24,26). The van der Waals surface area contributed by atoms with E-state index in [2.05, 4.69) is 5.32 Å². The van der Waals surface area contributed by atoms with E-state index in [1.165, 1.54) is 19.2 Å². The zero-order chi connectivity index (χ0) is 22.4. The molecular formula is C21H24Cl2N2O4S. The molecule has 9 heteroatoms. The molecule has 0 radical (unpaired) electrons. The van der Waals surface area contributed by atoms with Gasteiger partial charge in [-0.2, -0.15) is 0 Å². The molecule has 2 amide bonds. The van der Waals surface area contributed by atoms with Crippen molar-refractivity contribution < 1.29 is 19.1 Å². The third kappa shape index (κ3) is 5.33. The molecule has 0 atom stereocenters. The highest BCUT2D eigenvalue weighted by atomic mass is 35.5. The lowest BCUT2D eigenvalue weighted by molar-refractivity contribution is 0.0601. The van der Waals surface area contributed by atoms with E-state index in [9.17, 15) is 14.4 Å². The number of methoxy groups -OCH3 is 1. The summed E-state index contributed by atoms with van der Waals surface area (Å²) in [5.41, 5.74) is 0.846. The smallest absolute Gasteiger partial charge is 0.341 e. The summed E-state index contributed by atoms with van der Waals surface area (Å²) in [4.78, 5) is 40.4. The quantitative estimate of drug-likeness (QED) is 0.504. The number of ether oxygens (including phenoxy) is 1. The number of benzene rings is 1. The fourth-order valence-corrected chi connectivity index (χ4v) is 4.65. The fraction of sp³-hybridized carbons (Fsp3) is 0.381. The van der Waals surface area contributed by atoms with Gasteiger partial charge in [0, 0.05) is 18.1 Å². The molecule has 0 aliphatic heterocycles. The summed E-state index contributed by atoms with van der Waals surface area (Å²) >= 11 is 13.1. The first-order valence-electron chi connectivity index (χ1n) is 9.52. The van der Waals surface area contributed by atoms with Crippen molar-refractivity contribution in [1.29, 1.82) is 0 Å². The van der Waals surface area contributed by atoms with Gasteiger partial charge in [0.25, 0.3) is 11.8 Å². The van der Waals surface area contributed by atoms with Crippen LogP contribution in [0.4, 0.5) is 5.00 Å². The van der Waals surface area contributed by atoms with E-state index in [0.29, 0.717) is 28.6 Å². The third-order valence-corrected chi connectivity index (χ3v) is 6.15. The van der Waals surface area contributed by atoms with Crippen LogP contribution in [0.5, 0.6) is 0 Å². The van der Waals surface area contributed by atoms with E-state index in [1.807, 2.05) is 13.8 Å². The highest BCUT2D eigenvalue weighted by molar-refractivity contribution is 7.18. The van der Waals surface area contributed by atoms with E-state index in [0.717, 1.165) is 24.2 Å². The number of nitrogens with zero attached hydrogens (tertiary/aromatic N) is 1. The number of halogens is 2. The topological polar surface area (TPSA) is 75.7 Å². The molecular weight excluding hydrogens is 447 g/mol. The lowest BCUT2D eigenvalue weighted by Crippen LogP contribution is -2.32. The predicted molar refractivity (Wildman–Crippen MR) is 121 cm³/mol. The SMILES string of the molecule is CCCN(CCC)C(=O)c1sc(NC(=O)c2ccc(Cl)cc2Cl)c(C(=O)OC)c1C.